The molecule has 2 aliphatic heterocycles. The normalized spacial score (nSPS) is 20.8. The molecule has 4 heteroatoms. The van der Waals surface area contributed by atoms with Gasteiger partial charge in [0.2, 0.25) is 5.91 Å². The maximum Gasteiger partial charge on any atom is 0.236 e. The van der Waals surface area contributed by atoms with Gasteiger partial charge in [0.1, 0.15) is 0 Å². The van der Waals surface area contributed by atoms with Crippen molar-refractivity contribution in [2.24, 2.45) is 5.92 Å². The summed E-state index contributed by atoms with van der Waals surface area (Å²) >= 11 is 0. The predicted octanol–water partition coefficient (Wildman–Crippen LogP) is 2.97. The van der Waals surface area contributed by atoms with Gasteiger partial charge in [0.25, 0.3) is 0 Å². The lowest BCUT2D eigenvalue weighted by Gasteiger charge is -2.32. The molecular formula is C21H30N2O2. The van der Waals surface area contributed by atoms with Crippen LogP contribution >= 0.6 is 0 Å². The molecule has 0 saturated carbocycles. The molecule has 1 aromatic rings. The molecule has 0 unspecified atom stereocenters. The number of benzene rings is 1. The van der Waals surface area contributed by atoms with Crippen LogP contribution in [0.1, 0.15) is 30.4 Å². The van der Waals surface area contributed by atoms with Gasteiger partial charge in [0.05, 0.1) is 13.2 Å². The van der Waals surface area contributed by atoms with E-state index in [9.17, 15) is 4.79 Å². The Balaban J connectivity index is 1.45. The molecule has 2 heterocycles. The molecule has 0 aliphatic carbocycles. The third-order valence-corrected chi connectivity index (χ3v) is 5.30. The summed E-state index contributed by atoms with van der Waals surface area (Å²) < 4.78 is 5.46. The number of rotatable bonds is 4. The zero-order chi connectivity index (χ0) is 17.5. The molecule has 2 saturated heterocycles. The number of hydrogen-bond donors (Lipinski definition) is 0. The first-order valence-corrected chi connectivity index (χ1v) is 9.54. The predicted molar refractivity (Wildman–Crippen MR) is 101 cm³/mol. The maximum absolute atomic E-state index is 12.5. The number of allylic oxidation sites excluding steroid dienone is 1. The van der Waals surface area contributed by atoms with Crippen molar-refractivity contribution in [1.29, 1.82) is 0 Å². The highest BCUT2D eigenvalue weighted by molar-refractivity contribution is 5.78. The molecule has 0 atom stereocenters. The number of ether oxygens (including phenoxy) is 1. The van der Waals surface area contributed by atoms with Gasteiger partial charge in [-0.3, -0.25) is 9.69 Å². The molecule has 4 nitrogen and oxygen atoms in total. The number of likely N-dealkylation sites (tertiary alicyclic amines) is 1. The molecular weight excluding hydrogens is 312 g/mol. The molecule has 0 radical (unpaired) electrons. The Kier molecular flexibility index (Phi) is 6.65. The Morgan fingerprint density at radius 1 is 1.16 bits per heavy atom. The lowest BCUT2D eigenvalue weighted by Crippen LogP contribution is -2.44. The van der Waals surface area contributed by atoms with Crippen molar-refractivity contribution in [2.45, 2.75) is 26.2 Å². The van der Waals surface area contributed by atoms with Gasteiger partial charge in [-0.15, -0.1) is 0 Å². The van der Waals surface area contributed by atoms with Crippen molar-refractivity contribution in [3.05, 3.63) is 41.5 Å². The number of nitrogens with zero attached hydrogens (tertiary/aromatic N) is 2. The first kappa shape index (κ1) is 18.2. The minimum absolute atomic E-state index is 0.281. The van der Waals surface area contributed by atoms with E-state index in [2.05, 4.69) is 48.2 Å². The molecule has 0 bridgehead atoms. The van der Waals surface area contributed by atoms with Crippen LogP contribution in [0.25, 0.3) is 6.08 Å². The van der Waals surface area contributed by atoms with E-state index in [0.29, 0.717) is 12.5 Å². The second kappa shape index (κ2) is 9.16. The van der Waals surface area contributed by atoms with Crippen LogP contribution in [0.2, 0.25) is 0 Å². The van der Waals surface area contributed by atoms with Crippen LogP contribution in [0.3, 0.4) is 0 Å². The molecule has 2 aliphatic rings. The van der Waals surface area contributed by atoms with E-state index in [-0.39, 0.29) is 5.91 Å². The van der Waals surface area contributed by atoms with Crippen LogP contribution in [0.4, 0.5) is 0 Å². The average Bonchev–Trinajstić information content (AvgIpc) is 2.90. The molecule has 0 spiro atoms. The van der Waals surface area contributed by atoms with Gasteiger partial charge in [0, 0.05) is 32.8 Å². The van der Waals surface area contributed by atoms with Crippen molar-refractivity contribution in [3.63, 3.8) is 0 Å². The number of carbonyl (C=O) groups is 1. The third kappa shape index (κ3) is 5.41. The standard InChI is InChI=1S/C21H30N2O2/c1-18-5-2-3-6-20(18)8-7-19-9-12-23(13-10-19)21(24)17-22-11-4-15-25-16-14-22/h2-3,5-8,19H,4,9-17H2,1H3. The molecule has 25 heavy (non-hydrogen) atoms. The Morgan fingerprint density at radius 2 is 1.96 bits per heavy atom. The summed E-state index contributed by atoms with van der Waals surface area (Å²) in [4.78, 5) is 16.8. The Bertz CT molecular complexity index is 583. The number of aryl methyl sites for hydroxylation is 1. The van der Waals surface area contributed by atoms with E-state index in [1.807, 2.05) is 4.90 Å². The smallest absolute Gasteiger partial charge is 0.236 e. The van der Waals surface area contributed by atoms with E-state index in [1.54, 1.807) is 0 Å². The first-order chi connectivity index (χ1) is 12.2. The van der Waals surface area contributed by atoms with Gasteiger partial charge in [-0.1, -0.05) is 36.4 Å². The van der Waals surface area contributed by atoms with Crippen LogP contribution in [0, 0.1) is 12.8 Å². The fraction of sp³-hybridized carbons (Fsp3) is 0.571. The quantitative estimate of drug-likeness (QED) is 0.843. The number of carbonyl (C=O) groups excluding carboxylic acids is 1. The molecule has 1 amide bonds. The Morgan fingerprint density at radius 3 is 2.76 bits per heavy atom. The van der Waals surface area contributed by atoms with Crippen LogP contribution < -0.4 is 0 Å². The van der Waals surface area contributed by atoms with E-state index < -0.39 is 0 Å². The van der Waals surface area contributed by atoms with Crippen molar-refractivity contribution in [3.8, 4) is 0 Å². The van der Waals surface area contributed by atoms with E-state index in [4.69, 9.17) is 4.74 Å². The van der Waals surface area contributed by atoms with Crippen molar-refractivity contribution in [1.82, 2.24) is 9.80 Å². The average molecular weight is 342 g/mol. The summed E-state index contributed by atoms with van der Waals surface area (Å²) in [5, 5.41) is 0. The zero-order valence-electron chi connectivity index (χ0n) is 15.3. The van der Waals surface area contributed by atoms with Gasteiger partial charge in [-0.2, -0.15) is 0 Å². The summed E-state index contributed by atoms with van der Waals surface area (Å²) in [6, 6.07) is 8.47. The minimum atomic E-state index is 0.281. The second-order valence-corrected chi connectivity index (χ2v) is 7.18. The largest absolute Gasteiger partial charge is 0.380 e. The van der Waals surface area contributed by atoms with Gasteiger partial charge in [-0.05, 0) is 43.2 Å². The highest BCUT2D eigenvalue weighted by atomic mass is 16.5. The van der Waals surface area contributed by atoms with Gasteiger partial charge >= 0.3 is 0 Å². The first-order valence-electron chi connectivity index (χ1n) is 9.54. The van der Waals surface area contributed by atoms with E-state index in [0.717, 1.165) is 58.7 Å². The summed E-state index contributed by atoms with van der Waals surface area (Å²) in [5.41, 5.74) is 2.61. The molecule has 0 N–H and O–H groups in total. The van der Waals surface area contributed by atoms with Crippen LogP contribution in [0.5, 0.6) is 0 Å². The lowest BCUT2D eigenvalue weighted by molar-refractivity contribution is -0.133. The molecule has 1 aromatic carbocycles. The molecule has 0 aromatic heterocycles. The monoisotopic (exact) mass is 342 g/mol. The van der Waals surface area contributed by atoms with Gasteiger partial charge in [0.15, 0.2) is 0 Å². The number of amides is 1. The summed E-state index contributed by atoms with van der Waals surface area (Å²) in [7, 11) is 0. The Hall–Kier alpha value is -1.65. The van der Waals surface area contributed by atoms with Gasteiger partial charge < -0.3 is 9.64 Å². The fourth-order valence-corrected chi connectivity index (χ4v) is 3.60. The van der Waals surface area contributed by atoms with Crippen molar-refractivity contribution >= 4 is 12.0 Å². The highest BCUT2D eigenvalue weighted by Crippen LogP contribution is 2.21. The fourth-order valence-electron chi connectivity index (χ4n) is 3.60. The summed E-state index contributed by atoms with van der Waals surface area (Å²) in [6.45, 7) is 7.88. The van der Waals surface area contributed by atoms with E-state index >= 15 is 0 Å². The second-order valence-electron chi connectivity index (χ2n) is 7.18. The highest BCUT2D eigenvalue weighted by Gasteiger charge is 2.23. The van der Waals surface area contributed by atoms with Crippen LogP contribution in [-0.2, 0) is 9.53 Å². The summed E-state index contributed by atoms with van der Waals surface area (Å²) in [5.74, 6) is 0.860. The van der Waals surface area contributed by atoms with Crippen molar-refractivity contribution < 1.29 is 9.53 Å². The van der Waals surface area contributed by atoms with E-state index in [1.165, 1.54) is 11.1 Å². The zero-order valence-corrected chi connectivity index (χ0v) is 15.3. The molecule has 136 valence electrons. The molecule has 2 fully saturated rings. The summed E-state index contributed by atoms with van der Waals surface area (Å²) in [6.07, 6.45) is 7.73. The molecule has 3 rings (SSSR count). The topological polar surface area (TPSA) is 32.8 Å². The maximum atomic E-state index is 12.5. The Labute approximate surface area is 151 Å². The number of piperidine rings is 1. The van der Waals surface area contributed by atoms with Crippen LogP contribution in [-0.4, -0.2) is 61.6 Å². The van der Waals surface area contributed by atoms with Crippen LogP contribution in [0.15, 0.2) is 30.3 Å². The van der Waals surface area contributed by atoms with Gasteiger partial charge in [-0.25, -0.2) is 0 Å². The van der Waals surface area contributed by atoms with Crippen molar-refractivity contribution in [2.75, 3.05) is 45.9 Å². The SMILES string of the molecule is Cc1ccccc1C=CC1CCN(C(=O)CN2CCCOCC2)CC1. The lowest BCUT2D eigenvalue weighted by atomic mass is 9.95. The number of hydrogen-bond acceptors (Lipinski definition) is 3. The minimum Gasteiger partial charge on any atom is -0.380 e. The third-order valence-electron chi connectivity index (χ3n) is 5.30.